The summed E-state index contributed by atoms with van der Waals surface area (Å²) in [6, 6.07) is 17.3. The van der Waals surface area contributed by atoms with Crippen molar-refractivity contribution in [2.45, 2.75) is 19.4 Å². The Kier molecular flexibility index (Phi) is 4.26. The monoisotopic (exact) mass is 299 g/mol. The van der Waals surface area contributed by atoms with Crippen LogP contribution in [0.3, 0.4) is 0 Å². The second-order valence-corrected chi connectivity index (χ2v) is 6.06. The summed E-state index contributed by atoms with van der Waals surface area (Å²) in [5.74, 6) is 0.757. The van der Waals surface area contributed by atoms with Crippen molar-refractivity contribution < 1.29 is 4.79 Å². The Morgan fingerprint density at radius 3 is 2.33 bits per heavy atom. The minimum absolute atomic E-state index is 0.0856. The summed E-state index contributed by atoms with van der Waals surface area (Å²) < 4.78 is 0. The van der Waals surface area contributed by atoms with Crippen molar-refractivity contribution in [3.05, 3.63) is 70.7 Å². The maximum atomic E-state index is 12.7. The zero-order valence-corrected chi connectivity index (χ0v) is 12.6. The van der Waals surface area contributed by atoms with Gasteiger partial charge in [0, 0.05) is 23.7 Å². The fraction of sp³-hybridized carbons (Fsp3) is 0.278. The molecule has 0 N–H and O–H groups in total. The molecule has 0 aliphatic heterocycles. The summed E-state index contributed by atoms with van der Waals surface area (Å²) >= 11 is 5.90. The Labute approximate surface area is 130 Å². The lowest BCUT2D eigenvalue weighted by Gasteiger charge is -2.23. The molecule has 1 aliphatic rings. The normalized spacial score (nSPS) is 14.0. The fourth-order valence-corrected chi connectivity index (χ4v) is 2.54. The number of hydrogen-bond acceptors (Lipinski definition) is 1. The highest BCUT2D eigenvalue weighted by Gasteiger charge is 2.27. The predicted octanol–water partition coefficient (Wildman–Crippen LogP) is 4.39. The maximum absolute atomic E-state index is 12.7. The highest BCUT2D eigenvalue weighted by Crippen LogP contribution is 2.30. The molecule has 2 aromatic carbocycles. The van der Waals surface area contributed by atoms with Crippen molar-refractivity contribution in [2.24, 2.45) is 5.92 Å². The number of amides is 1. The van der Waals surface area contributed by atoms with Gasteiger partial charge in [-0.25, -0.2) is 0 Å². The Morgan fingerprint density at radius 2 is 1.71 bits per heavy atom. The van der Waals surface area contributed by atoms with Crippen molar-refractivity contribution >= 4 is 17.5 Å². The van der Waals surface area contributed by atoms with Gasteiger partial charge in [0.05, 0.1) is 0 Å². The summed E-state index contributed by atoms with van der Waals surface area (Å²) in [6.07, 6.45) is 2.47. The zero-order valence-electron chi connectivity index (χ0n) is 11.8. The first-order valence-electron chi connectivity index (χ1n) is 7.31. The van der Waals surface area contributed by atoms with E-state index in [9.17, 15) is 4.79 Å². The molecule has 21 heavy (non-hydrogen) atoms. The van der Waals surface area contributed by atoms with Crippen molar-refractivity contribution in [1.29, 1.82) is 0 Å². The molecule has 0 spiro atoms. The van der Waals surface area contributed by atoms with Crippen LogP contribution in [0.4, 0.5) is 0 Å². The molecular weight excluding hydrogens is 282 g/mol. The number of hydrogen-bond donors (Lipinski definition) is 0. The van der Waals surface area contributed by atoms with E-state index in [0.717, 1.165) is 6.54 Å². The third kappa shape index (κ3) is 3.85. The molecule has 0 saturated heterocycles. The zero-order chi connectivity index (χ0) is 14.7. The number of benzene rings is 2. The molecular formula is C18H18ClNO. The SMILES string of the molecule is O=C(c1ccc(Cl)cc1)N(Cc1ccccc1)CC1CC1. The Balaban J connectivity index is 1.77. The van der Waals surface area contributed by atoms with E-state index in [1.54, 1.807) is 24.3 Å². The lowest BCUT2D eigenvalue weighted by Crippen LogP contribution is -2.32. The average Bonchev–Trinajstić information content (AvgIpc) is 3.32. The number of carbonyl (C=O) groups excluding carboxylic acids is 1. The first-order chi connectivity index (χ1) is 10.2. The van der Waals surface area contributed by atoms with Crippen molar-refractivity contribution in [2.75, 3.05) is 6.54 Å². The fourth-order valence-electron chi connectivity index (χ4n) is 2.41. The van der Waals surface area contributed by atoms with Gasteiger partial charge in [-0.2, -0.15) is 0 Å². The summed E-state index contributed by atoms with van der Waals surface area (Å²) in [5.41, 5.74) is 1.87. The van der Waals surface area contributed by atoms with Crippen LogP contribution < -0.4 is 0 Å². The van der Waals surface area contributed by atoms with Gasteiger partial charge in [-0.1, -0.05) is 41.9 Å². The third-order valence-electron chi connectivity index (χ3n) is 3.77. The van der Waals surface area contributed by atoms with Gasteiger partial charge in [0.1, 0.15) is 0 Å². The summed E-state index contributed by atoms with van der Waals surface area (Å²) in [7, 11) is 0. The number of halogens is 1. The van der Waals surface area contributed by atoms with E-state index in [0.29, 0.717) is 23.0 Å². The van der Waals surface area contributed by atoms with Crippen molar-refractivity contribution in [3.63, 3.8) is 0 Å². The molecule has 0 radical (unpaired) electrons. The summed E-state index contributed by atoms with van der Waals surface area (Å²) in [5, 5.41) is 0.656. The molecule has 0 heterocycles. The van der Waals surface area contributed by atoms with Crippen LogP contribution in [-0.2, 0) is 6.54 Å². The number of nitrogens with zero attached hydrogens (tertiary/aromatic N) is 1. The molecule has 1 saturated carbocycles. The topological polar surface area (TPSA) is 20.3 Å². The second kappa shape index (κ2) is 6.31. The maximum Gasteiger partial charge on any atom is 0.254 e. The first kappa shape index (κ1) is 14.2. The summed E-state index contributed by atoms with van der Waals surface area (Å²) in [4.78, 5) is 14.7. The average molecular weight is 300 g/mol. The molecule has 108 valence electrons. The lowest BCUT2D eigenvalue weighted by atomic mass is 10.1. The van der Waals surface area contributed by atoms with E-state index < -0.39 is 0 Å². The standard InChI is InChI=1S/C18H18ClNO/c19-17-10-8-16(9-11-17)18(21)20(13-15-6-7-15)12-14-4-2-1-3-5-14/h1-5,8-11,15H,6-7,12-13H2. The molecule has 3 rings (SSSR count). The Hall–Kier alpha value is -1.80. The first-order valence-corrected chi connectivity index (χ1v) is 7.69. The van der Waals surface area contributed by atoms with Crippen LogP contribution in [0, 0.1) is 5.92 Å². The van der Waals surface area contributed by atoms with Crippen LogP contribution in [0.5, 0.6) is 0 Å². The van der Waals surface area contributed by atoms with E-state index in [2.05, 4.69) is 12.1 Å². The van der Waals surface area contributed by atoms with E-state index in [1.165, 1.54) is 18.4 Å². The largest absolute Gasteiger partial charge is 0.334 e. The van der Waals surface area contributed by atoms with E-state index in [-0.39, 0.29) is 5.91 Å². The van der Waals surface area contributed by atoms with Gasteiger partial charge < -0.3 is 4.90 Å². The lowest BCUT2D eigenvalue weighted by molar-refractivity contribution is 0.0735. The summed E-state index contributed by atoms with van der Waals surface area (Å²) in [6.45, 7) is 1.51. The molecule has 2 aromatic rings. The molecule has 0 aromatic heterocycles. The molecule has 2 nitrogen and oxygen atoms in total. The minimum atomic E-state index is 0.0856. The Morgan fingerprint density at radius 1 is 1.05 bits per heavy atom. The molecule has 0 bridgehead atoms. The highest BCUT2D eigenvalue weighted by molar-refractivity contribution is 6.30. The molecule has 3 heteroatoms. The molecule has 0 atom stereocenters. The van der Waals surface area contributed by atoms with Gasteiger partial charge in [-0.15, -0.1) is 0 Å². The van der Waals surface area contributed by atoms with Gasteiger partial charge in [-0.05, 0) is 48.6 Å². The van der Waals surface area contributed by atoms with E-state index in [1.807, 2.05) is 23.1 Å². The van der Waals surface area contributed by atoms with Crippen LogP contribution in [0.1, 0.15) is 28.8 Å². The van der Waals surface area contributed by atoms with E-state index >= 15 is 0 Å². The van der Waals surface area contributed by atoms with Gasteiger partial charge in [-0.3, -0.25) is 4.79 Å². The van der Waals surface area contributed by atoms with Crippen LogP contribution in [-0.4, -0.2) is 17.4 Å². The molecule has 1 fully saturated rings. The smallest absolute Gasteiger partial charge is 0.254 e. The van der Waals surface area contributed by atoms with Crippen LogP contribution in [0.2, 0.25) is 5.02 Å². The third-order valence-corrected chi connectivity index (χ3v) is 4.02. The molecule has 0 unspecified atom stereocenters. The Bertz CT molecular complexity index is 605. The molecule has 1 aliphatic carbocycles. The van der Waals surface area contributed by atoms with Gasteiger partial charge >= 0.3 is 0 Å². The highest BCUT2D eigenvalue weighted by atomic mass is 35.5. The van der Waals surface area contributed by atoms with Gasteiger partial charge in [0.2, 0.25) is 0 Å². The van der Waals surface area contributed by atoms with Crippen molar-refractivity contribution in [1.82, 2.24) is 4.90 Å². The van der Waals surface area contributed by atoms with Crippen LogP contribution >= 0.6 is 11.6 Å². The van der Waals surface area contributed by atoms with Crippen LogP contribution in [0.25, 0.3) is 0 Å². The van der Waals surface area contributed by atoms with E-state index in [4.69, 9.17) is 11.6 Å². The van der Waals surface area contributed by atoms with Gasteiger partial charge in [0.15, 0.2) is 0 Å². The predicted molar refractivity (Wildman–Crippen MR) is 85.4 cm³/mol. The number of rotatable bonds is 5. The second-order valence-electron chi connectivity index (χ2n) is 5.62. The number of carbonyl (C=O) groups is 1. The quantitative estimate of drug-likeness (QED) is 0.801. The van der Waals surface area contributed by atoms with Crippen LogP contribution in [0.15, 0.2) is 54.6 Å². The van der Waals surface area contributed by atoms with Gasteiger partial charge in [0.25, 0.3) is 5.91 Å². The molecule has 1 amide bonds. The minimum Gasteiger partial charge on any atom is -0.334 e. The van der Waals surface area contributed by atoms with Crippen molar-refractivity contribution in [3.8, 4) is 0 Å².